The Bertz CT molecular complexity index is 506. The predicted octanol–water partition coefficient (Wildman–Crippen LogP) is 4.22. The standard InChI is InChI=1S/C13H12BrFN2/c1-8-6-9(14)2-4-12(8)17-13-5-3-10(16)7-11(13)15/h2-7,17H,16H2,1H3. The third-order valence-corrected chi connectivity index (χ3v) is 2.94. The molecule has 4 heteroatoms. The van der Waals surface area contributed by atoms with Gasteiger partial charge in [0.1, 0.15) is 5.82 Å². The third-order valence-electron chi connectivity index (χ3n) is 2.45. The zero-order valence-corrected chi connectivity index (χ0v) is 10.9. The van der Waals surface area contributed by atoms with Crippen LogP contribution in [0.15, 0.2) is 40.9 Å². The second kappa shape index (κ2) is 4.75. The Morgan fingerprint density at radius 2 is 1.82 bits per heavy atom. The van der Waals surface area contributed by atoms with Crippen LogP contribution in [-0.2, 0) is 0 Å². The van der Waals surface area contributed by atoms with E-state index in [9.17, 15) is 4.39 Å². The Morgan fingerprint density at radius 1 is 1.12 bits per heavy atom. The van der Waals surface area contributed by atoms with Gasteiger partial charge in [0.15, 0.2) is 0 Å². The van der Waals surface area contributed by atoms with E-state index in [-0.39, 0.29) is 5.82 Å². The number of hydrogen-bond donors (Lipinski definition) is 2. The molecule has 0 atom stereocenters. The SMILES string of the molecule is Cc1cc(Br)ccc1Nc1ccc(N)cc1F. The van der Waals surface area contributed by atoms with Crippen molar-refractivity contribution >= 4 is 33.0 Å². The molecule has 2 rings (SSSR count). The largest absolute Gasteiger partial charge is 0.399 e. The van der Waals surface area contributed by atoms with Crippen LogP contribution in [0.1, 0.15) is 5.56 Å². The number of rotatable bonds is 2. The van der Waals surface area contributed by atoms with Gasteiger partial charge in [-0.2, -0.15) is 0 Å². The molecule has 0 saturated heterocycles. The minimum absolute atomic E-state index is 0.354. The van der Waals surface area contributed by atoms with Crippen LogP contribution in [-0.4, -0.2) is 0 Å². The summed E-state index contributed by atoms with van der Waals surface area (Å²) < 4.78 is 14.6. The van der Waals surface area contributed by atoms with E-state index in [0.717, 1.165) is 15.7 Å². The minimum Gasteiger partial charge on any atom is -0.399 e. The molecule has 0 heterocycles. The highest BCUT2D eigenvalue weighted by atomic mass is 79.9. The molecular formula is C13H12BrFN2. The van der Waals surface area contributed by atoms with Gasteiger partial charge in [0.2, 0.25) is 0 Å². The number of anilines is 3. The number of halogens is 2. The van der Waals surface area contributed by atoms with Gasteiger partial charge >= 0.3 is 0 Å². The Kier molecular flexibility index (Phi) is 3.33. The molecule has 0 fully saturated rings. The summed E-state index contributed by atoms with van der Waals surface area (Å²) >= 11 is 3.39. The summed E-state index contributed by atoms with van der Waals surface area (Å²) in [4.78, 5) is 0. The van der Waals surface area contributed by atoms with E-state index in [4.69, 9.17) is 5.73 Å². The molecule has 0 aliphatic rings. The molecule has 3 N–H and O–H groups in total. The van der Waals surface area contributed by atoms with Crippen molar-refractivity contribution < 1.29 is 4.39 Å². The van der Waals surface area contributed by atoms with Gasteiger partial charge in [-0.05, 0) is 48.9 Å². The smallest absolute Gasteiger partial charge is 0.148 e. The van der Waals surface area contributed by atoms with Gasteiger partial charge in [-0.1, -0.05) is 15.9 Å². The topological polar surface area (TPSA) is 38.0 Å². The van der Waals surface area contributed by atoms with Crippen LogP contribution >= 0.6 is 15.9 Å². The maximum atomic E-state index is 13.6. The lowest BCUT2D eigenvalue weighted by molar-refractivity contribution is 0.632. The normalized spacial score (nSPS) is 10.3. The van der Waals surface area contributed by atoms with Crippen LogP contribution in [0, 0.1) is 12.7 Å². The summed E-state index contributed by atoms with van der Waals surface area (Å²) in [5.74, 6) is -0.354. The summed E-state index contributed by atoms with van der Waals surface area (Å²) in [5.41, 5.74) is 8.24. The molecule has 0 aliphatic heterocycles. The lowest BCUT2D eigenvalue weighted by atomic mass is 10.2. The third kappa shape index (κ3) is 2.77. The molecular weight excluding hydrogens is 283 g/mol. The lowest BCUT2D eigenvalue weighted by Crippen LogP contribution is -1.97. The maximum absolute atomic E-state index is 13.6. The van der Waals surface area contributed by atoms with E-state index in [2.05, 4.69) is 21.2 Å². The molecule has 0 aromatic heterocycles. The molecule has 0 unspecified atom stereocenters. The highest BCUT2D eigenvalue weighted by Crippen LogP contribution is 2.26. The van der Waals surface area contributed by atoms with Crippen LogP contribution in [0.3, 0.4) is 0 Å². The number of hydrogen-bond acceptors (Lipinski definition) is 2. The second-order valence-electron chi connectivity index (χ2n) is 3.82. The van der Waals surface area contributed by atoms with E-state index in [1.54, 1.807) is 12.1 Å². The fourth-order valence-corrected chi connectivity index (χ4v) is 2.02. The van der Waals surface area contributed by atoms with E-state index < -0.39 is 0 Å². The predicted molar refractivity (Wildman–Crippen MR) is 73.0 cm³/mol. The van der Waals surface area contributed by atoms with Gasteiger partial charge < -0.3 is 11.1 Å². The molecule has 0 bridgehead atoms. The van der Waals surface area contributed by atoms with Crippen molar-refractivity contribution in [3.63, 3.8) is 0 Å². The van der Waals surface area contributed by atoms with Gasteiger partial charge in [-0.25, -0.2) is 4.39 Å². The Labute approximate surface area is 108 Å². The van der Waals surface area contributed by atoms with Crippen molar-refractivity contribution in [2.45, 2.75) is 6.92 Å². The van der Waals surface area contributed by atoms with Crippen LogP contribution in [0.2, 0.25) is 0 Å². The first kappa shape index (κ1) is 11.9. The average Bonchev–Trinajstić information content (AvgIpc) is 2.25. The second-order valence-corrected chi connectivity index (χ2v) is 4.74. The van der Waals surface area contributed by atoms with Crippen molar-refractivity contribution in [2.75, 3.05) is 11.1 Å². The molecule has 0 saturated carbocycles. The first-order valence-electron chi connectivity index (χ1n) is 5.14. The number of aryl methyl sites for hydroxylation is 1. The summed E-state index contributed by atoms with van der Waals surface area (Å²) in [6.45, 7) is 1.96. The van der Waals surface area contributed by atoms with E-state index >= 15 is 0 Å². The van der Waals surface area contributed by atoms with E-state index in [1.165, 1.54) is 6.07 Å². The van der Waals surface area contributed by atoms with Crippen molar-refractivity contribution in [1.82, 2.24) is 0 Å². The molecule has 0 spiro atoms. The number of nitrogens with two attached hydrogens (primary N) is 1. The van der Waals surface area contributed by atoms with Crippen molar-refractivity contribution in [3.05, 3.63) is 52.3 Å². The average molecular weight is 295 g/mol. The van der Waals surface area contributed by atoms with Crippen LogP contribution in [0.5, 0.6) is 0 Å². The summed E-state index contributed by atoms with van der Waals surface area (Å²) in [5, 5.41) is 3.04. The van der Waals surface area contributed by atoms with Crippen molar-refractivity contribution in [3.8, 4) is 0 Å². The Morgan fingerprint density at radius 3 is 2.47 bits per heavy atom. The molecule has 2 aromatic rings. The maximum Gasteiger partial charge on any atom is 0.148 e. The molecule has 0 amide bonds. The van der Waals surface area contributed by atoms with Gasteiger partial charge in [-0.3, -0.25) is 0 Å². The lowest BCUT2D eigenvalue weighted by Gasteiger charge is -2.11. The molecule has 88 valence electrons. The van der Waals surface area contributed by atoms with Gasteiger partial charge in [0.25, 0.3) is 0 Å². The molecule has 2 nitrogen and oxygen atoms in total. The summed E-state index contributed by atoms with van der Waals surface area (Å²) in [7, 11) is 0. The quantitative estimate of drug-likeness (QED) is 0.814. The molecule has 2 aromatic carbocycles. The van der Waals surface area contributed by atoms with Gasteiger partial charge in [-0.15, -0.1) is 0 Å². The molecule has 0 radical (unpaired) electrons. The minimum atomic E-state index is -0.354. The van der Waals surface area contributed by atoms with Crippen molar-refractivity contribution in [1.29, 1.82) is 0 Å². The fourth-order valence-electron chi connectivity index (χ4n) is 1.55. The Balaban J connectivity index is 2.31. The number of nitrogens with one attached hydrogen (secondary N) is 1. The highest BCUT2D eigenvalue weighted by molar-refractivity contribution is 9.10. The fraction of sp³-hybridized carbons (Fsp3) is 0.0769. The van der Waals surface area contributed by atoms with Crippen molar-refractivity contribution in [2.24, 2.45) is 0 Å². The number of nitrogen functional groups attached to an aromatic ring is 1. The monoisotopic (exact) mass is 294 g/mol. The van der Waals surface area contributed by atoms with Crippen LogP contribution in [0.4, 0.5) is 21.5 Å². The Hall–Kier alpha value is -1.55. The van der Waals surface area contributed by atoms with E-state index in [1.807, 2.05) is 25.1 Å². The first-order chi connectivity index (χ1) is 8.06. The zero-order chi connectivity index (χ0) is 12.4. The van der Waals surface area contributed by atoms with Gasteiger partial charge in [0, 0.05) is 15.8 Å². The highest BCUT2D eigenvalue weighted by Gasteiger charge is 2.04. The van der Waals surface area contributed by atoms with Crippen LogP contribution < -0.4 is 11.1 Å². The zero-order valence-electron chi connectivity index (χ0n) is 9.30. The van der Waals surface area contributed by atoms with E-state index in [0.29, 0.717) is 11.4 Å². The van der Waals surface area contributed by atoms with Gasteiger partial charge in [0.05, 0.1) is 5.69 Å². The van der Waals surface area contributed by atoms with Crippen LogP contribution in [0.25, 0.3) is 0 Å². The molecule has 17 heavy (non-hydrogen) atoms. The number of benzene rings is 2. The first-order valence-corrected chi connectivity index (χ1v) is 5.94. The molecule has 0 aliphatic carbocycles. The summed E-state index contributed by atoms with van der Waals surface area (Å²) in [6, 6.07) is 10.4. The summed E-state index contributed by atoms with van der Waals surface area (Å²) in [6.07, 6.45) is 0.